The van der Waals surface area contributed by atoms with Crippen molar-refractivity contribution in [3.8, 4) is 11.4 Å². The number of rotatable bonds is 3. The van der Waals surface area contributed by atoms with Crippen molar-refractivity contribution in [1.82, 2.24) is 9.55 Å². The molecule has 0 fully saturated rings. The van der Waals surface area contributed by atoms with Crippen molar-refractivity contribution in [2.24, 2.45) is 0 Å². The van der Waals surface area contributed by atoms with Gasteiger partial charge in [-0.15, -0.1) is 11.6 Å². The quantitative estimate of drug-likeness (QED) is 0.664. The summed E-state index contributed by atoms with van der Waals surface area (Å²) in [5.41, 5.74) is 2.31. The fourth-order valence-corrected chi connectivity index (χ4v) is 2.94. The smallest absolute Gasteiger partial charge is 0.167 e. The molecule has 0 N–H and O–H groups in total. The molecule has 0 amide bonds. The van der Waals surface area contributed by atoms with Crippen LogP contribution in [0.5, 0.6) is 5.75 Å². The van der Waals surface area contributed by atoms with Crippen molar-refractivity contribution in [2.75, 3.05) is 7.11 Å². The maximum atomic E-state index is 13.8. The zero-order valence-corrected chi connectivity index (χ0v) is 12.5. The molecular weight excluding hydrogens is 299 g/mol. The summed E-state index contributed by atoms with van der Waals surface area (Å²) >= 11 is 7.79. The molecule has 0 radical (unpaired) electrons. The standard InChI is InChI=1S/C14H12ClFN2OS/c1-8(15)14-17-11-5-10(16)13(19-2)6-12(11)18(14)9-3-4-20-7-9/h3-8H,1-2H3. The Labute approximate surface area is 124 Å². The molecule has 20 heavy (non-hydrogen) atoms. The molecule has 0 aliphatic carbocycles. The van der Waals surface area contributed by atoms with Crippen LogP contribution in [0.25, 0.3) is 16.7 Å². The van der Waals surface area contributed by atoms with Crippen LogP contribution in [-0.2, 0) is 0 Å². The number of thiophene rings is 1. The SMILES string of the molecule is COc1cc2c(cc1F)nc(C(C)Cl)n2-c1ccsc1. The van der Waals surface area contributed by atoms with Gasteiger partial charge in [0.05, 0.1) is 29.2 Å². The van der Waals surface area contributed by atoms with Crippen molar-refractivity contribution in [1.29, 1.82) is 0 Å². The Balaban J connectivity index is 2.36. The third-order valence-corrected chi connectivity index (χ3v) is 3.94. The van der Waals surface area contributed by atoms with Crippen LogP contribution in [0.2, 0.25) is 0 Å². The van der Waals surface area contributed by atoms with Crippen LogP contribution in [0.4, 0.5) is 4.39 Å². The van der Waals surface area contributed by atoms with Crippen LogP contribution in [-0.4, -0.2) is 16.7 Å². The van der Waals surface area contributed by atoms with E-state index in [2.05, 4.69) is 4.98 Å². The number of benzene rings is 1. The predicted molar refractivity (Wildman–Crippen MR) is 79.7 cm³/mol. The van der Waals surface area contributed by atoms with E-state index in [9.17, 15) is 4.39 Å². The number of ether oxygens (including phenoxy) is 1. The van der Waals surface area contributed by atoms with Gasteiger partial charge in [-0.1, -0.05) is 0 Å². The minimum atomic E-state index is -0.427. The first-order valence-corrected chi connectivity index (χ1v) is 7.42. The van der Waals surface area contributed by atoms with E-state index in [1.807, 2.05) is 28.3 Å². The second-order valence-electron chi connectivity index (χ2n) is 4.38. The topological polar surface area (TPSA) is 27.1 Å². The van der Waals surface area contributed by atoms with E-state index in [1.165, 1.54) is 13.2 Å². The van der Waals surface area contributed by atoms with Crippen molar-refractivity contribution in [3.05, 3.63) is 40.6 Å². The summed E-state index contributed by atoms with van der Waals surface area (Å²) in [6.07, 6.45) is 0. The van der Waals surface area contributed by atoms with Crippen LogP contribution in [0.3, 0.4) is 0 Å². The van der Waals surface area contributed by atoms with Gasteiger partial charge < -0.3 is 4.74 Å². The highest BCUT2D eigenvalue weighted by atomic mass is 35.5. The number of methoxy groups -OCH3 is 1. The van der Waals surface area contributed by atoms with E-state index in [1.54, 1.807) is 17.4 Å². The molecule has 0 saturated heterocycles. The molecule has 0 aliphatic rings. The van der Waals surface area contributed by atoms with Gasteiger partial charge in [-0.25, -0.2) is 9.37 Å². The van der Waals surface area contributed by atoms with E-state index < -0.39 is 5.82 Å². The van der Waals surface area contributed by atoms with Gasteiger partial charge in [-0.05, 0) is 18.4 Å². The summed E-state index contributed by atoms with van der Waals surface area (Å²) in [5, 5.41) is 3.70. The number of alkyl halides is 1. The molecule has 0 saturated carbocycles. The molecule has 1 unspecified atom stereocenters. The second kappa shape index (κ2) is 5.07. The molecule has 0 spiro atoms. The van der Waals surface area contributed by atoms with Gasteiger partial charge in [-0.3, -0.25) is 4.57 Å². The molecule has 0 bridgehead atoms. The number of fused-ring (bicyclic) bond motifs is 1. The number of hydrogen-bond donors (Lipinski definition) is 0. The van der Waals surface area contributed by atoms with Crippen LogP contribution >= 0.6 is 22.9 Å². The molecule has 1 atom stereocenters. The maximum absolute atomic E-state index is 13.8. The van der Waals surface area contributed by atoms with Crippen molar-refractivity contribution < 1.29 is 9.13 Å². The Bertz CT molecular complexity index is 752. The molecule has 2 heterocycles. The zero-order valence-electron chi connectivity index (χ0n) is 10.9. The normalized spacial score (nSPS) is 12.8. The molecule has 104 valence electrons. The Morgan fingerprint density at radius 3 is 2.85 bits per heavy atom. The highest BCUT2D eigenvalue weighted by Crippen LogP contribution is 2.32. The summed E-state index contributed by atoms with van der Waals surface area (Å²) < 4.78 is 20.8. The third-order valence-electron chi connectivity index (χ3n) is 3.07. The average molecular weight is 311 g/mol. The molecule has 6 heteroatoms. The number of hydrogen-bond acceptors (Lipinski definition) is 3. The number of imidazole rings is 1. The Kier molecular flexibility index (Phi) is 3.40. The van der Waals surface area contributed by atoms with E-state index in [0.29, 0.717) is 11.3 Å². The lowest BCUT2D eigenvalue weighted by Crippen LogP contribution is -2.00. The summed E-state index contributed by atoms with van der Waals surface area (Å²) in [7, 11) is 1.45. The highest BCUT2D eigenvalue weighted by Gasteiger charge is 2.18. The van der Waals surface area contributed by atoms with Gasteiger partial charge in [-0.2, -0.15) is 11.3 Å². The summed E-state index contributed by atoms with van der Waals surface area (Å²) in [5.74, 6) is 0.458. The first-order valence-electron chi connectivity index (χ1n) is 6.04. The highest BCUT2D eigenvalue weighted by molar-refractivity contribution is 7.08. The van der Waals surface area contributed by atoms with Gasteiger partial charge in [0.1, 0.15) is 5.82 Å². The van der Waals surface area contributed by atoms with Gasteiger partial charge in [0.25, 0.3) is 0 Å². The largest absolute Gasteiger partial charge is 0.494 e. The first-order chi connectivity index (χ1) is 9.61. The summed E-state index contributed by atoms with van der Waals surface area (Å²) in [4.78, 5) is 4.44. The van der Waals surface area contributed by atoms with E-state index in [0.717, 1.165) is 11.2 Å². The Morgan fingerprint density at radius 1 is 1.45 bits per heavy atom. The number of nitrogens with zero attached hydrogens (tertiary/aromatic N) is 2. The Hall–Kier alpha value is -1.59. The van der Waals surface area contributed by atoms with Crippen LogP contribution in [0.15, 0.2) is 29.0 Å². The maximum Gasteiger partial charge on any atom is 0.167 e. The van der Waals surface area contributed by atoms with E-state index >= 15 is 0 Å². The third kappa shape index (κ3) is 2.07. The lowest BCUT2D eigenvalue weighted by Gasteiger charge is -2.09. The van der Waals surface area contributed by atoms with Crippen molar-refractivity contribution in [2.45, 2.75) is 12.3 Å². The van der Waals surface area contributed by atoms with Gasteiger partial charge in [0.15, 0.2) is 11.6 Å². The Morgan fingerprint density at radius 2 is 2.25 bits per heavy atom. The average Bonchev–Trinajstić information content (AvgIpc) is 3.03. The van der Waals surface area contributed by atoms with Gasteiger partial charge >= 0.3 is 0 Å². The molecule has 2 aromatic heterocycles. The molecule has 3 nitrogen and oxygen atoms in total. The lowest BCUT2D eigenvalue weighted by atomic mass is 10.2. The monoisotopic (exact) mass is 310 g/mol. The molecular formula is C14H12ClFN2OS. The summed E-state index contributed by atoms with van der Waals surface area (Å²) in [6, 6.07) is 5.00. The number of halogens is 2. The van der Waals surface area contributed by atoms with Crippen LogP contribution in [0, 0.1) is 5.82 Å². The van der Waals surface area contributed by atoms with Gasteiger partial charge in [0, 0.05) is 17.5 Å². The summed E-state index contributed by atoms with van der Waals surface area (Å²) in [6.45, 7) is 1.85. The minimum absolute atomic E-state index is 0.197. The van der Waals surface area contributed by atoms with Gasteiger partial charge in [0.2, 0.25) is 0 Å². The first kappa shape index (κ1) is 13.4. The number of aromatic nitrogens is 2. The fraction of sp³-hybridized carbons (Fsp3) is 0.214. The predicted octanol–water partition coefficient (Wildman–Crippen LogP) is 4.53. The van der Waals surface area contributed by atoms with E-state index in [4.69, 9.17) is 16.3 Å². The van der Waals surface area contributed by atoms with Crippen molar-refractivity contribution in [3.63, 3.8) is 0 Å². The molecule has 1 aromatic carbocycles. The zero-order chi connectivity index (χ0) is 14.3. The molecule has 3 aromatic rings. The second-order valence-corrected chi connectivity index (χ2v) is 5.81. The fourth-order valence-electron chi connectivity index (χ4n) is 2.18. The van der Waals surface area contributed by atoms with E-state index in [-0.39, 0.29) is 11.1 Å². The molecule has 0 aliphatic heterocycles. The van der Waals surface area contributed by atoms with Crippen LogP contribution < -0.4 is 4.74 Å². The van der Waals surface area contributed by atoms with Crippen molar-refractivity contribution >= 4 is 34.0 Å². The van der Waals surface area contributed by atoms with Crippen LogP contribution in [0.1, 0.15) is 18.1 Å². The lowest BCUT2D eigenvalue weighted by molar-refractivity contribution is 0.387. The molecule has 3 rings (SSSR count). The minimum Gasteiger partial charge on any atom is -0.494 e.